The molecular formula is C11H19ClN2O5S2. The van der Waals surface area contributed by atoms with Gasteiger partial charge in [0.15, 0.2) is 9.84 Å². The molecule has 1 aromatic rings. The van der Waals surface area contributed by atoms with E-state index >= 15 is 0 Å². The van der Waals surface area contributed by atoms with Crippen molar-refractivity contribution in [2.45, 2.75) is 22.8 Å². The fourth-order valence-electron chi connectivity index (χ4n) is 1.47. The molecule has 0 aromatic heterocycles. The second kappa shape index (κ2) is 7.41. The minimum Gasteiger partial charge on any atom is -0.495 e. The van der Waals surface area contributed by atoms with Crippen molar-refractivity contribution in [2.75, 3.05) is 19.9 Å². The van der Waals surface area contributed by atoms with Crippen LogP contribution in [0.15, 0.2) is 28.0 Å². The predicted molar refractivity (Wildman–Crippen MR) is 82.2 cm³/mol. The van der Waals surface area contributed by atoms with Crippen LogP contribution in [0.3, 0.4) is 0 Å². The smallest absolute Gasteiger partial charge is 0.244 e. The van der Waals surface area contributed by atoms with Gasteiger partial charge in [0.05, 0.1) is 12.0 Å². The van der Waals surface area contributed by atoms with Gasteiger partial charge in [-0.3, -0.25) is 0 Å². The lowest BCUT2D eigenvalue weighted by atomic mass is 10.3. The molecule has 7 nitrogen and oxygen atoms in total. The van der Waals surface area contributed by atoms with Crippen LogP contribution in [0.2, 0.25) is 0 Å². The molecule has 122 valence electrons. The summed E-state index contributed by atoms with van der Waals surface area (Å²) in [6.45, 7) is 1.72. The first-order valence-electron chi connectivity index (χ1n) is 5.72. The maximum atomic E-state index is 12.2. The summed E-state index contributed by atoms with van der Waals surface area (Å²) in [6.07, 6.45) is 1.00. The van der Waals surface area contributed by atoms with Crippen molar-refractivity contribution in [1.82, 2.24) is 4.72 Å². The molecule has 0 amide bonds. The van der Waals surface area contributed by atoms with Crippen LogP contribution in [0.25, 0.3) is 0 Å². The highest BCUT2D eigenvalue weighted by Crippen LogP contribution is 2.26. The fraction of sp³-hybridized carbons (Fsp3) is 0.455. The molecule has 0 bridgehead atoms. The van der Waals surface area contributed by atoms with Crippen LogP contribution in [0.4, 0.5) is 0 Å². The first kappa shape index (κ1) is 20.1. The quantitative estimate of drug-likeness (QED) is 0.747. The van der Waals surface area contributed by atoms with E-state index in [2.05, 4.69) is 4.72 Å². The minimum atomic E-state index is -3.92. The summed E-state index contributed by atoms with van der Waals surface area (Å²) in [5.41, 5.74) is 5.37. The maximum absolute atomic E-state index is 12.2. The molecule has 10 heteroatoms. The summed E-state index contributed by atoms with van der Waals surface area (Å²) in [6, 6.07) is 3.18. The van der Waals surface area contributed by atoms with Gasteiger partial charge in [-0.05, 0) is 25.1 Å². The maximum Gasteiger partial charge on any atom is 0.244 e. The van der Waals surface area contributed by atoms with Gasteiger partial charge in [-0.2, -0.15) is 0 Å². The van der Waals surface area contributed by atoms with Crippen LogP contribution in [-0.2, 0) is 19.9 Å². The second-order valence-electron chi connectivity index (χ2n) is 4.34. The Bertz CT molecular complexity index is 689. The molecule has 0 aliphatic rings. The van der Waals surface area contributed by atoms with Gasteiger partial charge in [0.2, 0.25) is 10.0 Å². The first-order chi connectivity index (χ1) is 9.11. The fourth-order valence-corrected chi connectivity index (χ4v) is 3.65. The molecule has 1 rings (SSSR count). The Morgan fingerprint density at radius 3 is 2.29 bits per heavy atom. The Kier molecular flexibility index (Phi) is 7.10. The van der Waals surface area contributed by atoms with Crippen molar-refractivity contribution in [3.63, 3.8) is 0 Å². The Balaban J connectivity index is 0.00000400. The molecule has 0 radical (unpaired) electrons. The molecule has 0 spiro atoms. The van der Waals surface area contributed by atoms with E-state index in [0.717, 1.165) is 12.3 Å². The lowest BCUT2D eigenvalue weighted by Crippen LogP contribution is -2.37. The van der Waals surface area contributed by atoms with Gasteiger partial charge in [0.1, 0.15) is 10.6 Å². The van der Waals surface area contributed by atoms with Crippen LogP contribution >= 0.6 is 12.4 Å². The van der Waals surface area contributed by atoms with Gasteiger partial charge >= 0.3 is 0 Å². The topological polar surface area (TPSA) is 116 Å². The average molecular weight is 359 g/mol. The number of ether oxygens (including phenoxy) is 1. The molecule has 3 N–H and O–H groups in total. The largest absolute Gasteiger partial charge is 0.495 e. The van der Waals surface area contributed by atoms with Crippen LogP contribution in [0, 0.1) is 0 Å². The monoisotopic (exact) mass is 358 g/mol. The molecule has 0 aliphatic heterocycles. The number of nitrogens with two attached hydrogens (primary N) is 1. The van der Waals surface area contributed by atoms with Crippen LogP contribution < -0.4 is 15.2 Å². The summed E-state index contributed by atoms with van der Waals surface area (Å²) >= 11 is 0. The van der Waals surface area contributed by atoms with E-state index in [0.29, 0.717) is 0 Å². The number of sulfone groups is 1. The molecule has 0 saturated heterocycles. The van der Waals surface area contributed by atoms with Crippen LogP contribution in [-0.4, -0.2) is 42.8 Å². The van der Waals surface area contributed by atoms with E-state index in [1.165, 1.54) is 19.2 Å². The Morgan fingerprint density at radius 2 is 1.86 bits per heavy atom. The second-order valence-corrected chi connectivity index (χ2v) is 8.04. The zero-order chi connectivity index (χ0) is 15.6. The molecule has 0 saturated carbocycles. The zero-order valence-corrected chi connectivity index (χ0v) is 14.3. The van der Waals surface area contributed by atoms with Crippen molar-refractivity contribution >= 4 is 32.3 Å². The third-order valence-corrected chi connectivity index (χ3v) is 5.28. The van der Waals surface area contributed by atoms with E-state index in [-0.39, 0.29) is 34.5 Å². The number of halogens is 1. The highest BCUT2D eigenvalue weighted by molar-refractivity contribution is 7.91. The average Bonchev–Trinajstić information content (AvgIpc) is 2.36. The first-order valence-corrected chi connectivity index (χ1v) is 9.09. The van der Waals surface area contributed by atoms with Crippen LogP contribution in [0.5, 0.6) is 5.75 Å². The van der Waals surface area contributed by atoms with Gasteiger partial charge in [-0.25, -0.2) is 21.6 Å². The molecule has 0 unspecified atom stereocenters. The summed E-state index contributed by atoms with van der Waals surface area (Å²) in [5.74, 6) is 0.0640. The van der Waals surface area contributed by atoms with Gasteiger partial charge < -0.3 is 10.5 Å². The van der Waals surface area contributed by atoms with Crippen molar-refractivity contribution in [3.8, 4) is 5.75 Å². The Hall–Kier alpha value is -0.870. The number of sulfonamides is 1. The predicted octanol–water partition coefficient (Wildman–Crippen LogP) is 0.146. The SMILES string of the molecule is COc1ccc(S(C)(=O)=O)cc1S(=O)(=O)N[C@@H](C)CN.Cl. The van der Waals surface area contributed by atoms with E-state index < -0.39 is 25.9 Å². The molecule has 21 heavy (non-hydrogen) atoms. The third-order valence-electron chi connectivity index (χ3n) is 2.56. The minimum absolute atomic E-state index is 0. The number of hydrogen-bond donors (Lipinski definition) is 2. The van der Waals surface area contributed by atoms with E-state index in [1.54, 1.807) is 6.92 Å². The van der Waals surface area contributed by atoms with E-state index in [9.17, 15) is 16.8 Å². The lowest BCUT2D eigenvalue weighted by molar-refractivity contribution is 0.401. The van der Waals surface area contributed by atoms with E-state index in [4.69, 9.17) is 10.5 Å². The molecule has 0 heterocycles. The van der Waals surface area contributed by atoms with E-state index in [1.807, 2.05) is 0 Å². The van der Waals surface area contributed by atoms with Crippen molar-refractivity contribution in [2.24, 2.45) is 5.73 Å². The highest BCUT2D eigenvalue weighted by atomic mass is 35.5. The summed E-state index contributed by atoms with van der Waals surface area (Å²) in [4.78, 5) is -0.331. The normalized spacial score (nSPS) is 13.3. The van der Waals surface area contributed by atoms with Gasteiger partial charge in [-0.1, -0.05) is 0 Å². The molecule has 1 atom stereocenters. The lowest BCUT2D eigenvalue weighted by Gasteiger charge is -2.15. The van der Waals surface area contributed by atoms with Crippen LogP contribution in [0.1, 0.15) is 6.92 Å². The van der Waals surface area contributed by atoms with Gasteiger partial charge in [0, 0.05) is 18.8 Å². The molecule has 0 fully saturated rings. The van der Waals surface area contributed by atoms with Gasteiger partial charge in [-0.15, -0.1) is 12.4 Å². The van der Waals surface area contributed by atoms with Crippen molar-refractivity contribution in [1.29, 1.82) is 0 Å². The number of hydrogen-bond acceptors (Lipinski definition) is 6. The standard InChI is InChI=1S/C11H18N2O5S2.ClH/c1-8(7-12)13-20(16,17)11-6-9(19(3,14)15)4-5-10(11)18-2;/h4-6,8,13H,7,12H2,1-3H3;1H/t8-;/m0./s1. The van der Waals surface area contributed by atoms with Crippen molar-refractivity contribution in [3.05, 3.63) is 18.2 Å². The molecule has 1 aromatic carbocycles. The number of methoxy groups -OCH3 is 1. The third kappa shape index (κ3) is 5.11. The highest BCUT2D eigenvalue weighted by Gasteiger charge is 2.23. The number of benzene rings is 1. The van der Waals surface area contributed by atoms with Crippen molar-refractivity contribution < 1.29 is 21.6 Å². The number of rotatable bonds is 6. The zero-order valence-electron chi connectivity index (χ0n) is 11.9. The molecular weight excluding hydrogens is 340 g/mol. The van der Waals surface area contributed by atoms with Gasteiger partial charge in [0.25, 0.3) is 0 Å². The summed E-state index contributed by atoms with van der Waals surface area (Å²) in [7, 11) is -6.13. The molecule has 0 aliphatic carbocycles. The Labute approximate surface area is 131 Å². The number of nitrogens with one attached hydrogen (secondary N) is 1. The summed E-state index contributed by atoms with van der Waals surface area (Å²) in [5, 5.41) is 0. The summed E-state index contributed by atoms with van der Waals surface area (Å²) < 4.78 is 54.8. The Morgan fingerprint density at radius 1 is 1.29 bits per heavy atom.